The van der Waals surface area contributed by atoms with E-state index in [1.807, 2.05) is 13.8 Å². The maximum atomic E-state index is 13.5. The third kappa shape index (κ3) is 2.91. The van der Waals surface area contributed by atoms with Gasteiger partial charge in [0.2, 0.25) is 0 Å². The minimum atomic E-state index is -0.430. The summed E-state index contributed by atoms with van der Waals surface area (Å²) in [6.07, 6.45) is 0. The van der Waals surface area contributed by atoms with Crippen molar-refractivity contribution in [2.75, 3.05) is 5.73 Å². The molecule has 0 saturated carbocycles. The number of hydrogen-bond acceptors (Lipinski definition) is 3. The van der Waals surface area contributed by atoms with Gasteiger partial charge in [-0.25, -0.2) is 4.39 Å². The zero-order chi connectivity index (χ0) is 14.9. The van der Waals surface area contributed by atoms with Gasteiger partial charge in [0.1, 0.15) is 18.2 Å². The van der Waals surface area contributed by atoms with Crippen LogP contribution in [0.25, 0.3) is 0 Å². The van der Waals surface area contributed by atoms with Gasteiger partial charge in [-0.15, -0.1) is 0 Å². The van der Waals surface area contributed by atoms with Crippen molar-refractivity contribution in [2.24, 2.45) is 0 Å². The second-order valence-electron chi connectivity index (χ2n) is 4.25. The molecule has 0 aliphatic carbocycles. The summed E-state index contributed by atoms with van der Waals surface area (Å²) in [6, 6.07) is 2.71. The number of aryl methyl sites for hydroxylation is 2. The van der Waals surface area contributed by atoms with E-state index in [-0.39, 0.29) is 12.4 Å². The number of nitrogens with zero attached hydrogens (tertiary/aromatic N) is 2. The summed E-state index contributed by atoms with van der Waals surface area (Å²) < 4.78 is 21.1. The number of aromatic nitrogens is 2. The molecule has 0 aliphatic heterocycles. The molecule has 0 unspecified atom stereocenters. The second kappa shape index (κ2) is 6.01. The van der Waals surface area contributed by atoms with Crippen LogP contribution in [-0.2, 0) is 13.2 Å². The van der Waals surface area contributed by atoms with E-state index in [0.717, 1.165) is 11.4 Å². The van der Waals surface area contributed by atoms with E-state index in [1.54, 1.807) is 4.68 Å². The fourth-order valence-electron chi connectivity index (χ4n) is 1.82. The predicted molar refractivity (Wildman–Crippen MR) is 80.5 cm³/mol. The normalized spacial score (nSPS) is 10.8. The average molecular weight is 363 g/mol. The van der Waals surface area contributed by atoms with Crippen molar-refractivity contribution < 1.29 is 9.13 Å². The van der Waals surface area contributed by atoms with Crippen LogP contribution < -0.4 is 10.5 Å². The van der Waals surface area contributed by atoms with Gasteiger partial charge in [-0.1, -0.05) is 11.6 Å². The van der Waals surface area contributed by atoms with E-state index in [1.165, 1.54) is 12.1 Å². The minimum Gasteiger partial charge on any atom is -0.485 e. The molecular weight excluding hydrogens is 349 g/mol. The first-order valence-electron chi connectivity index (χ1n) is 6.03. The zero-order valence-electron chi connectivity index (χ0n) is 11.1. The Bertz CT molecular complexity index is 645. The summed E-state index contributed by atoms with van der Waals surface area (Å²) >= 11 is 9.25. The molecule has 0 radical (unpaired) electrons. The Hall–Kier alpha value is -1.27. The topological polar surface area (TPSA) is 53.1 Å². The Balaban J connectivity index is 2.23. The molecule has 0 saturated heterocycles. The van der Waals surface area contributed by atoms with Crippen molar-refractivity contribution in [2.45, 2.75) is 27.0 Å². The third-order valence-electron chi connectivity index (χ3n) is 2.87. The molecule has 108 valence electrons. The molecule has 1 aromatic heterocycles. The lowest BCUT2D eigenvalue weighted by Gasteiger charge is -2.11. The SMILES string of the molecule is CCn1nc(C)c(Cl)c1COc1cc(F)c(Br)cc1N. The number of nitrogens with two attached hydrogens (primary N) is 1. The van der Waals surface area contributed by atoms with Crippen LogP contribution in [0, 0.1) is 12.7 Å². The summed E-state index contributed by atoms with van der Waals surface area (Å²) in [6.45, 7) is 4.64. The molecule has 20 heavy (non-hydrogen) atoms. The summed E-state index contributed by atoms with van der Waals surface area (Å²) in [4.78, 5) is 0. The lowest BCUT2D eigenvalue weighted by atomic mass is 10.3. The Kier molecular flexibility index (Phi) is 4.55. The molecule has 0 bridgehead atoms. The molecule has 2 N–H and O–H groups in total. The van der Waals surface area contributed by atoms with E-state index < -0.39 is 5.82 Å². The molecule has 2 rings (SSSR count). The van der Waals surface area contributed by atoms with Gasteiger partial charge in [-0.05, 0) is 35.8 Å². The zero-order valence-corrected chi connectivity index (χ0v) is 13.4. The van der Waals surface area contributed by atoms with Gasteiger partial charge in [0, 0.05) is 12.6 Å². The standard InChI is InChI=1S/C13H14BrClFN3O/c1-3-19-11(13(15)7(2)18-19)6-20-12-5-9(16)8(14)4-10(12)17/h4-5H,3,6,17H2,1-2H3. The summed E-state index contributed by atoms with van der Waals surface area (Å²) in [5, 5.41) is 4.85. The molecule has 0 spiro atoms. The molecule has 0 fully saturated rings. The molecule has 2 aromatic rings. The number of hydrogen-bond donors (Lipinski definition) is 1. The highest BCUT2D eigenvalue weighted by molar-refractivity contribution is 9.10. The van der Waals surface area contributed by atoms with E-state index in [2.05, 4.69) is 21.0 Å². The lowest BCUT2D eigenvalue weighted by molar-refractivity contribution is 0.292. The third-order valence-corrected chi connectivity index (χ3v) is 3.97. The van der Waals surface area contributed by atoms with E-state index in [4.69, 9.17) is 22.1 Å². The molecule has 0 atom stereocenters. The van der Waals surface area contributed by atoms with Gasteiger partial charge in [0.25, 0.3) is 0 Å². The molecular formula is C13H14BrClFN3O. The van der Waals surface area contributed by atoms with Crippen LogP contribution in [-0.4, -0.2) is 9.78 Å². The Morgan fingerprint density at radius 1 is 1.50 bits per heavy atom. The van der Waals surface area contributed by atoms with Gasteiger partial charge >= 0.3 is 0 Å². The van der Waals surface area contributed by atoms with Crippen molar-refractivity contribution in [1.29, 1.82) is 0 Å². The molecule has 4 nitrogen and oxygen atoms in total. The molecule has 1 heterocycles. The van der Waals surface area contributed by atoms with Crippen LogP contribution in [0.3, 0.4) is 0 Å². The van der Waals surface area contributed by atoms with Crippen molar-refractivity contribution in [3.63, 3.8) is 0 Å². The number of ether oxygens (including phenoxy) is 1. The van der Waals surface area contributed by atoms with Gasteiger partial charge < -0.3 is 10.5 Å². The quantitative estimate of drug-likeness (QED) is 0.839. The number of nitrogen functional groups attached to an aromatic ring is 1. The highest BCUT2D eigenvalue weighted by Crippen LogP contribution is 2.30. The molecule has 1 aromatic carbocycles. The molecule has 0 aliphatic rings. The van der Waals surface area contributed by atoms with Crippen LogP contribution in [0.5, 0.6) is 5.75 Å². The molecule has 0 amide bonds. The average Bonchev–Trinajstić information content (AvgIpc) is 2.68. The highest BCUT2D eigenvalue weighted by Gasteiger charge is 2.14. The Morgan fingerprint density at radius 2 is 2.20 bits per heavy atom. The maximum absolute atomic E-state index is 13.5. The Labute approximate surface area is 129 Å². The first-order valence-corrected chi connectivity index (χ1v) is 7.20. The first-order chi connectivity index (χ1) is 9.43. The van der Waals surface area contributed by atoms with E-state index >= 15 is 0 Å². The van der Waals surface area contributed by atoms with Crippen molar-refractivity contribution in [3.05, 3.63) is 38.8 Å². The maximum Gasteiger partial charge on any atom is 0.145 e. The summed E-state index contributed by atoms with van der Waals surface area (Å²) in [5.74, 6) is -0.149. The van der Waals surface area contributed by atoms with E-state index in [0.29, 0.717) is 21.7 Å². The van der Waals surface area contributed by atoms with Crippen LogP contribution in [0.4, 0.5) is 10.1 Å². The number of benzene rings is 1. The predicted octanol–water partition coefficient (Wildman–Crippen LogP) is 3.93. The van der Waals surface area contributed by atoms with Crippen LogP contribution in [0.1, 0.15) is 18.3 Å². The van der Waals surface area contributed by atoms with E-state index in [9.17, 15) is 4.39 Å². The summed E-state index contributed by atoms with van der Waals surface area (Å²) in [7, 11) is 0. The molecule has 7 heteroatoms. The van der Waals surface area contributed by atoms with Gasteiger partial charge in [0.05, 0.1) is 26.6 Å². The monoisotopic (exact) mass is 361 g/mol. The first kappa shape index (κ1) is 15.1. The largest absolute Gasteiger partial charge is 0.485 e. The van der Waals surface area contributed by atoms with Crippen molar-refractivity contribution in [1.82, 2.24) is 9.78 Å². The van der Waals surface area contributed by atoms with Gasteiger partial charge in [-0.2, -0.15) is 5.10 Å². The second-order valence-corrected chi connectivity index (χ2v) is 5.49. The lowest BCUT2D eigenvalue weighted by Crippen LogP contribution is -2.07. The van der Waals surface area contributed by atoms with Gasteiger partial charge in [-0.3, -0.25) is 4.68 Å². The number of halogens is 3. The van der Waals surface area contributed by atoms with Crippen molar-refractivity contribution >= 4 is 33.2 Å². The van der Waals surface area contributed by atoms with Crippen LogP contribution >= 0.6 is 27.5 Å². The van der Waals surface area contributed by atoms with Gasteiger partial charge in [0.15, 0.2) is 0 Å². The van der Waals surface area contributed by atoms with Crippen LogP contribution in [0.15, 0.2) is 16.6 Å². The van der Waals surface area contributed by atoms with Crippen LogP contribution in [0.2, 0.25) is 5.02 Å². The van der Waals surface area contributed by atoms with Crippen molar-refractivity contribution in [3.8, 4) is 5.75 Å². The fraction of sp³-hybridized carbons (Fsp3) is 0.308. The highest BCUT2D eigenvalue weighted by atomic mass is 79.9. The Morgan fingerprint density at radius 3 is 2.85 bits per heavy atom. The summed E-state index contributed by atoms with van der Waals surface area (Å²) in [5.41, 5.74) is 7.63. The smallest absolute Gasteiger partial charge is 0.145 e. The number of anilines is 1. The number of rotatable bonds is 4. The fourth-order valence-corrected chi connectivity index (χ4v) is 2.37. The minimum absolute atomic E-state index is 0.179.